The van der Waals surface area contributed by atoms with Crippen LogP contribution in [0.5, 0.6) is 0 Å². The van der Waals surface area contributed by atoms with Crippen molar-refractivity contribution in [3.63, 3.8) is 0 Å². The Bertz CT molecular complexity index is 982. The first-order valence-corrected chi connectivity index (χ1v) is 13.1. The van der Waals surface area contributed by atoms with Gasteiger partial charge in [-0.15, -0.1) is 11.3 Å². The fourth-order valence-electron chi connectivity index (χ4n) is 7.37. The van der Waals surface area contributed by atoms with E-state index in [1.54, 1.807) is 11.3 Å². The monoisotopic (exact) mass is 449 g/mol. The van der Waals surface area contributed by atoms with Gasteiger partial charge in [0.15, 0.2) is 0 Å². The van der Waals surface area contributed by atoms with Crippen LogP contribution in [0.25, 0.3) is 11.3 Å². The largest absolute Gasteiger partial charge is 0.348 e. The Labute approximate surface area is 193 Å². The molecule has 32 heavy (non-hydrogen) atoms. The van der Waals surface area contributed by atoms with Crippen LogP contribution in [-0.4, -0.2) is 34.3 Å². The van der Waals surface area contributed by atoms with E-state index in [2.05, 4.69) is 10.3 Å². The van der Waals surface area contributed by atoms with E-state index in [1.807, 2.05) is 40.6 Å². The first kappa shape index (κ1) is 20.4. The summed E-state index contributed by atoms with van der Waals surface area (Å²) in [6.07, 6.45) is 8.86. The van der Waals surface area contributed by atoms with Crippen LogP contribution in [0.1, 0.15) is 56.4 Å². The zero-order valence-corrected chi connectivity index (χ0v) is 19.3. The summed E-state index contributed by atoms with van der Waals surface area (Å²) < 4.78 is 0. The van der Waals surface area contributed by atoms with Crippen molar-refractivity contribution >= 4 is 23.2 Å². The van der Waals surface area contributed by atoms with E-state index >= 15 is 0 Å². The number of thiazole rings is 1. The predicted octanol–water partition coefficient (Wildman–Crippen LogP) is 4.63. The van der Waals surface area contributed by atoms with E-state index in [0.717, 1.165) is 72.7 Å². The number of carbonyl (C=O) groups is 2. The van der Waals surface area contributed by atoms with Crippen molar-refractivity contribution < 1.29 is 9.59 Å². The van der Waals surface area contributed by atoms with Crippen molar-refractivity contribution in [3.05, 3.63) is 40.7 Å². The number of amides is 2. The fourth-order valence-corrected chi connectivity index (χ4v) is 8.12. The molecule has 1 atom stereocenters. The molecule has 6 heteroatoms. The molecule has 4 bridgehead atoms. The first-order valence-electron chi connectivity index (χ1n) is 12.2. The Kier molecular flexibility index (Phi) is 5.09. The molecule has 168 valence electrons. The lowest BCUT2D eigenvalue weighted by atomic mass is 9.49. The van der Waals surface area contributed by atoms with E-state index in [9.17, 15) is 9.59 Å². The third kappa shape index (κ3) is 3.57. The lowest BCUT2D eigenvalue weighted by Crippen LogP contribution is -2.57. The standard InChI is InChI=1S/C26H31N3O2S/c30-24(27-15-23-28-21(16-32-23)20-5-2-1-3-6-20)22-7-4-8-29(22)25(31)26-12-17-9-18(13-26)11-19(10-17)14-26/h1-3,5-6,16-19,22H,4,7-15H2,(H,27,30). The lowest BCUT2D eigenvalue weighted by molar-refractivity contribution is -0.160. The highest BCUT2D eigenvalue weighted by Crippen LogP contribution is 2.60. The molecule has 2 aromatic rings. The van der Waals surface area contributed by atoms with Gasteiger partial charge < -0.3 is 10.2 Å². The molecule has 5 fully saturated rings. The van der Waals surface area contributed by atoms with Gasteiger partial charge in [0, 0.05) is 17.5 Å². The Hall–Kier alpha value is -2.21. The average Bonchev–Trinajstić information content (AvgIpc) is 3.47. The van der Waals surface area contributed by atoms with E-state index < -0.39 is 0 Å². The summed E-state index contributed by atoms with van der Waals surface area (Å²) in [5.41, 5.74) is 1.86. The summed E-state index contributed by atoms with van der Waals surface area (Å²) in [6.45, 7) is 1.15. The molecule has 0 radical (unpaired) electrons. The van der Waals surface area contributed by atoms with Crippen LogP contribution < -0.4 is 5.32 Å². The molecule has 4 aliphatic carbocycles. The van der Waals surface area contributed by atoms with Gasteiger partial charge in [0.1, 0.15) is 11.0 Å². The molecule has 1 aromatic carbocycles. The number of benzene rings is 1. The van der Waals surface area contributed by atoms with Crippen LogP contribution in [0.3, 0.4) is 0 Å². The minimum atomic E-state index is -0.316. The predicted molar refractivity (Wildman–Crippen MR) is 125 cm³/mol. The smallest absolute Gasteiger partial charge is 0.243 e. The minimum Gasteiger partial charge on any atom is -0.348 e. The fraction of sp³-hybridized carbons (Fsp3) is 0.577. The molecule has 2 heterocycles. The maximum atomic E-state index is 13.8. The van der Waals surface area contributed by atoms with E-state index in [0.29, 0.717) is 6.54 Å². The van der Waals surface area contributed by atoms with E-state index in [4.69, 9.17) is 0 Å². The Morgan fingerprint density at radius 1 is 1.06 bits per heavy atom. The van der Waals surface area contributed by atoms with Gasteiger partial charge in [-0.3, -0.25) is 9.59 Å². The van der Waals surface area contributed by atoms with Gasteiger partial charge >= 0.3 is 0 Å². The number of hydrogen-bond acceptors (Lipinski definition) is 4. The molecule has 7 rings (SSSR count). The first-order chi connectivity index (χ1) is 15.6. The number of likely N-dealkylation sites (tertiary alicyclic amines) is 1. The molecule has 5 nitrogen and oxygen atoms in total. The van der Waals surface area contributed by atoms with Crippen molar-refractivity contribution in [1.29, 1.82) is 0 Å². The summed E-state index contributed by atoms with van der Waals surface area (Å²) >= 11 is 1.57. The molecular formula is C26H31N3O2S. The molecule has 0 spiro atoms. The highest BCUT2D eigenvalue weighted by atomic mass is 32.1. The van der Waals surface area contributed by atoms with Gasteiger partial charge in [-0.2, -0.15) is 0 Å². The van der Waals surface area contributed by atoms with Gasteiger partial charge in [0.25, 0.3) is 0 Å². The highest BCUT2D eigenvalue weighted by molar-refractivity contribution is 7.09. The van der Waals surface area contributed by atoms with Gasteiger partial charge in [0.05, 0.1) is 17.7 Å². The second-order valence-electron chi connectivity index (χ2n) is 10.6. The summed E-state index contributed by atoms with van der Waals surface area (Å²) in [5.74, 6) is 2.49. The van der Waals surface area contributed by atoms with Crippen LogP contribution in [0.4, 0.5) is 0 Å². The van der Waals surface area contributed by atoms with E-state index in [-0.39, 0.29) is 23.3 Å². The number of aromatic nitrogens is 1. The van der Waals surface area contributed by atoms with Crippen molar-refractivity contribution in [2.24, 2.45) is 23.2 Å². The molecule has 4 saturated carbocycles. The highest BCUT2D eigenvalue weighted by Gasteiger charge is 2.56. The molecule has 1 aromatic heterocycles. The summed E-state index contributed by atoms with van der Waals surface area (Å²) in [4.78, 5) is 33.5. The van der Waals surface area contributed by atoms with Crippen molar-refractivity contribution in [2.45, 2.75) is 64.0 Å². The molecular weight excluding hydrogens is 418 g/mol. The van der Waals surface area contributed by atoms with Gasteiger partial charge in [-0.25, -0.2) is 4.98 Å². The third-order valence-corrected chi connectivity index (χ3v) is 9.19. The minimum absolute atomic E-state index is 0.0166. The topological polar surface area (TPSA) is 62.3 Å². The van der Waals surface area contributed by atoms with Crippen LogP contribution >= 0.6 is 11.3 Å². The summed E-state index contributed by atoms with van der Waals surface area (Å²) in [7, 11) is 0. The second kappa shape index (κ2) is 7.98. The van der Waals surface area contributed by atoms with Crippen LogP contribution in [0, 0.1) is 23.2 Å². The van der Waals surface area contributed by atoms with Gasteiger partial charge in [0.2, 0.25) is 11.8 Å². The number of rotatable bonds is 5. The van der Waals surface area contributed by atoms with Crippen molar-refractivity contribution in [2.75, 3.05) is 6.54 Å². The number of hydrogen-bond donors (Lipinski definition) is 1. The molecule has 1 aliphatic heterocycles. The molecule has 1 saturated heterocycles. The number of nitrogens with one attached hydrogen (secondary N) is 1. The quantitative estimate of drug-likeness (QED) is 0.724. The Balaban J connectivity index is 1.11. The van der Waals surface area contributed by atoms with Gasteiger partial charge in [-0.05, 0) is 69.1 Å². The zero-order valence-electron chi connectivity index (χ0n) is 18.5. The van der Waals surface area contributed by atoms with Crippen molar-refractivity contribution in [3.8, 4) is 11.3 Å². The molecule has 2 amide bonds. The summed E-state index contributed by atoms with van der Waals surface area (Å²) in [6, 6.07) is 9.78. The van der Waals surface area contributed by atoms with Gasteiger partial charge in [-0.1, -0.05) is 30.3 Å². The second-order valence-corrected chi connectivity index (χ2v) is 11.5. The van der Waals surface area contributed by atoms with E-state index in [1.165, 1.54) is 19.3 Å². The van der Waals surface area contributed by atoms with Crippen LogP contribution in [0.2, 0.25) is 0 Å². The number of nitrogens with zero attached hydrogens (tertiary/aromatic N) is 2. The van der Waals surface area contributed by atoms with Crippen LogP contribution in [0.15, 0.2) is 35.7 Å². The third-order valence-electron chi connectivity index (χ3n) is 8.34. The lowest BCUT2D eigenvalue weighted by Gasteiger charge is -2.56. The maximum absolute atomic E-state index is 13.8. The van der Waals surface area contributed by atoms with Crippen LogP contribution in [-0.2, 0) is 16.1 Å². The van der Waals surface area contributed by atoms with Crippen molar-refractivity contribution in [1.82, 2.24) is 15.2 Å². The Morgan fingerprint density at radius 2 is 1.75 bits per heavy atom. The number of carbonyl (C=O) groups excluding carboxylic acids is 2. The normalized spacial score (nSPS) is 32.9. The molecule has 1 N–H and O–H groups in total. The summed E-state index contributed by atoms with van der Waals surface area (Å²) in [5, 5.41) is 6.01. The SMILES string of the molecule is O=C(NCc1nc(-c2ccccc2)cs1)C1CCCN1C(=O)C12CC3CC(CC(C3)C1)C2. The Morgan fingerprint density at radius 3 is 2.44 bits per heavy atom. The molecule has 5 aliphatic rings. The average molecular weight is 450 g/mol. The molecule has 1 unspecified atom stereocenters. The zero-order chi connectivity index (χ0) is 21.7. The maximum Gasteiger partial charge on any atom is 0.243 e.